The Morgan fingerprint density at radius 1 is 0.610 bits per heavy atom. The Kier molecular flexibility index (Phi) is 30.0. The van der Waals surface area contributed by atoms with Gasteiger partial charge in [0.15, 0.2) is 0 Å². The first kappa shape index (κ1) is 39.3. The highest BCUT2D eigenvalue weighted by Gasteiger charge is 2.26. The van der Waals surface area contributed by atoms with E-state index in [1.165, 1.54) is 77.0 Å². The molecule has 1 amide bonds. The maximum atomic E-state index is 12.3. The van der Waals surface area contributed by atoms with E-state index in [-0.39, 0.29) is 12.3 Å². The largest absolute Gasteiger partial charge is 0.394 e. The Morgan fingerprint density at radius 3 is 1.63 bits per heavy atom. The average Bonchev–Trinajstić information content (AvgIpc) is 2.97. The fraction of sp³-hybridized carbons (Fsp3) is 0.750. The zero-order valence-corrected chi connectivity index (χ0v) is 26.7. The number of rotatable bonds is 29. The molecule has 0 aliphatic rings. The lowest BCUT2D eigenvalue weighted by molar-refractivity contribution is -0.124. The van der Waals surface area contributed by atoms with Gasteiger partial charge in [0.1, 0.15) is 6.10 Å². The molecule has 0 saturated carbocycles. The molecule has 5 heteroatoms. The van der Waals surface area contributed by atoms with Gasteiger partial charge < -0.3 is 20.6 Å². The summed E-state index contributed by atoms with van der Waals surface area (Å²) < 4.78 is 0. The summed E-state index contributed by atoms with van der Waals surface area (Å²) in [5, 5.41) is 33.1. The molecule has 41 heavy (non-hydrogen) atoms. The molecule has 5 nitrogen and oxygen atoms in total. The molecule has 0 saturated heterocycles. The fourth-order valence-electron chi connectivity index (χ4n) is 4.69. The Bertz CT molecular complexity index is 685. The van der Waals surface area contributed by atoms with Gasteiger partial charge in [-0.1, -0.05) is 120 Å². The van der Waals surface area contributed by atoms with Gasteiger partial charge in [0, 0.05) is 6.42 Å². The molecule has 3 atom stereocenters. The van der Waals surface area contributed by atoms with E-state index in [1.807, 2.05) is 6.08 Å². The first-order chi connectivity index (χ1) is 20.1. The van der Waals surface area contributed by atoms with Crippen molar-refractivity contribution in [2.24, 2.45) is 0 Å². The maximum Gasteiger partial charge on any atom is 0.220 e. The molecule has 3 unspecified atom stereocenters. The summed E-state index contributed by atoms with van der Waals surface area (Å²) in [6.07, 6.45) is 37.8. The van der Waals surface area contributed by atoms with Crippen LogP contribution in [0.3, 0.4) is 0 Å². The number of unbranched alkanes of at least 4 members (excludes halogenated alkanes) is 13. The monoisotopic (exact) mass is 575 g/mol. The minimum atomic E-state index is -1.19. The van der Waals surface area contributed by atoms with Crippen molar-refractivity contribution in [2.75, 3.05) is 6.61 Å². The zero-order valence-electron chi connectivity index (χ0n) is 26.7. The van der Waals surface area contributed by atoms with Gasteiger partial charge >= 0.3 is 0 Å². The highest BCUT2D eigenvalue weighted by molar-refractivity contribution is 5.76. The van der Waals surface area contributed by atoms with Gasteiger partial charge in [-0.25, -0.2) is 0 Å². The van der Waals surface area contributed by atoms with Gasteiger partial charge in [-0.15, -0.1) is 0 Å². The summed E-state index contributed by atoms with van der Waals surface area (Å²) in [5.74, 6) is -0.230. The first-order valence-electron chi connectivity index (χ1n) is 16.9. The van der Waals surface area contributed by atoms with Gasteiger partial charge in [0.2, 0.25) is 5.91 Å². The topological polar surface area (TPSA) is 89.8 Å². The summed E-state index contributed by atoms with van der Waals surface area (Å²) in [4.78, 5) is 12.3. The van der Waals surface area contributed by atoms with Crippen molar-refractivity contribution in [1.29, 1.82) is 0 Å². The maximum absolute atomic E-state index is 12.3. The Labute approximate surface area is 253 Å². The van der Waals surface area contributed by atoms with Crippen molar-refractivity contribution in [3.05, 3.63) is 48.6 Å². The van der Waals surface area contributed by atoms with Crippen LogP contribution < -0.4 is 5.32 Å². The Balaban J connectivity index is 3.92. The van der Waals surface area contributed by atoms with Crippen molar-refractivity contribution in [1.82, 2.24) is 5.32 Å². The van der Waals surface area contributed by atoms with Crippen LogP contribution in [0.15, 0.2) is 48.6 Å². The van der Waals surface area contributed by atoms with E-state index in [2.05, 4.69) is 61.7 Å². The third-order valence-electron chi connectivity index (χ3n) is 7.40. The number of allylic oxidation sites excluding steroid dienone is 8. The van der Waals surface area contributed by atoms with Crippen LogP contribution in [0.2, 0.25) is 0 Å². The summed E-state index contributed by atoms with van der Waals surface area (Å²) in [5.41, 5.74) is 0. The molecule has 0 rings (SSSR count). The quantitative estimate of drug-likeness (QED) is 0.0531. The number of carbonyl (C=O) groups excluding carboxylic acids is 1. The second-order valence-electron chi connectivity index (χ2n) is 11.3. The predicted octanol–water partition coefficient (Wildman–Crippen LogP) is 8.64. The van der Waals surface area contributed by atoms with Crippen molar-refractivity contribution < 1.29 is 20.1 Å². The predicted molar refractivity (Wildman–Crippen MR) is 176 cm³/mol. The zero-order chi connectivity index (χ0) is 30.2. The van der Waals surface area contributed by atoms with Crippen molar-refractivity contribution in [2.45, 2.75) is 167 Å². The van der Waals surface area contributed by atoms with E-state index in [0.717, 1.165) is 38.5 Å². The van der Waals surface area contributed by atoms with E-state index in [0.29, 0.717) is 12.8 Å². The molecule has 0 radical (unpaired) electrons. The van der Waals surface area contributed by atoms with E-state index < -0.39 is 24.9 Å². The standard InChI is InChI=1S/C36H65NO4/c1-3-5-7-9-11-13-15-17-19-20-22-24-26-28-30-34(39)36(41)33(32-38)37-35(40)31-29-27-25-23-21-18-16-14-12-10-8-6-4-2/h15,17-18,21-22,24-25,27,33-34,36,38-39,41H,3-14,16,19-20,23,26,28-32H2,1-2H3,(H,37,40)/b17-15+,21-18-,24-22+,27-25-. The number of amides is 1. The molecule has 0 aliphatic carbocycles. The average molecular weight is 576 g/mol. The summed E-state index contributed by atoms with van der Waals surface area (Å²) in [6, 6.07) is -0.861. The fourth-order valence-corrected chi connectivity index (χ4v) is 4.69. The molecule has 0 bridgehead atoms. The third kappa shape index (κ3) is 26.9. The number of aliphatic hydroxyl groups is 3. The lowest BCUT2D eigenvalue weighted by Gasteiger charge is -2.26. The van der Waals surface area contributed by atoms with E-state index in [1.54, 1.807) is 0 Å². The molecular weight excluding hydrogens is 510 g/mol. The summed E-state index contributed by atoms with van der Waals surface area (Å²) in [6.45, 7) is 4.07. The van der Waals surface area contributed by atoms with Crippen LogP contribution in [0.1, 0.15) is 149 Å². The number of carbonyl (C=O) groups is 1. The number of hydrogen-bond donors (Lipinski definition) is 4. The van der Waals surface area contributed by atoms with Gasteiger partial charge in [-0.2, -0.15) is 0 Å². The molecule has 0 fully saturated rings. The van der Waals surface area contributed by atoms with Crippen LogP contribution in [0.5, 0.6) is 0 Å². The van der Waals surface area contributed by atoms with Crippen LogP contribution in [0, 0.1) is 0 Å². The molecule has 0 aromatic heterocycles. The molecule has 4 N–H and O–H groups in total. The van der Waals surface area contributed by atoms with Gasteiger partial charge in [0.25, 0.3) is 0 Å². The SMILES string of the molecule is CCCCCCC/C=C/CC/C=C/CCCC(O)C(O)C(CO)NC(=O)CC/C=C\C/C=C\CCCCCCCC. The molecule has 238 valence electrons. The van der Waals surface area contributed by atoms with Gasteiger partial charge in [-0.3, -0.25) is 4.79 Å². The van der Waals surface area contributed by atoms with Crippen LogP contribution in [0.4, 0.5) is 0 Å². The second kappa shape index (κ2) is 31.3. The lowest BCUT2D eigenvalue weighted by Crippen LogP contribution is -2.50. The molecule has 0 heterocycles. The van der Waals surface area contributed by atoms with Gasteiger partial charge in [0.05, 0.1) is 18.8 Å². The summed E-state index contributed by atoms with van der Waals surface area (Å²) in [7, 11) is 0. The van der Waals surface area contributed by atoms with E-state index in [9.17, 15) is 20.1 Å². The molecular formula is C36H65NO4. The molecule has 0 spiro atoms. The highest BCUT2D eigenvalue weighted by Crippen LogP contribution is 2.11. The number of nitrogens with one attached hydrogen (secondary N) is 1. The van der Waals surface area contributed by atoms with Gasteiger partial charge in [-0.05, 0) is 70.6 Å². The van der Waals surface area contributed by atoms with Crippen molar-refractivity contribution >= 4 is 5.91 Å². The number of hydrogen-bond acceptors (Lipinski definition) is 4. The lowest BCUT2D eigenvalue weighted by atomic mass is 10.0. The van der Waals surface area contributed by atoms with Crippen molar-refractivity contribution in [3.8, 4) is 0 Å². The first-order valence-corrected chi connectivity index (χ1v) is 16.9. The smallest absolute Gasteiger partial charge is 0.220 e. The molecule has 0 aromatic carbocycles. The summed E-state index contributed by atoms with van der Waals surface area (Å²) >= 11 is 0. The van der Waals surface area contributed by atoms with Crippen LogP contribution in [-0.4, -0.2) is 46.1 Å². The van der Waals surface area contributed by atoms with Crippen LogP contribution in [-0.2, 0) is 4.79 Å². The minimum absolute atomic E-state index is 0.230. The molecule has 0 aliphatic heterocycles. The van der Waals surface area contributed by atoms with E-state index in [4.69, 9.17) is 0 Å². The number of aliphatic hydroxyl groups excluding tert-OH is 3. The third-order valence-corrected chi connectivity index (χ3v) is 7.40. The normalized spacial score (nSPS) is 14.6. The van der Waals surface area contributed by atoms with E-state index >= 15 is 0 Å². The van der Waals surface area contributed by atoms with Crippen LogP contribution in [0.25, 0.3) is 0 Å². The Morgan fingerprint density at radius 2 is 1.07 bits per heavy atom. The minimum Gasteiger partial charge on any atom is -0.394 e. The highest BCUT2D eigenvalue weighted by atomic mass is 16.3. The van der Waals surface area contributed by atoms with Crippen LogP contribution >= 0.6 is 0 Å². The molecule has 0 aromatic rings. The van der Waals surface area contributed by atoms with Crippen molar-refractivity contribution in [3.63, 3.8) is 0 Å². The Hall–Kier alpha value is -1.69. The second-order valence-corrected chi connectivity index (χ2v) is 11.3.